The Hall–Kier alpha value is -1.53. The predicted molar refractivity (Wildman–Crippen MR) is 98.3 cm³/mol. The first-order chi connectivity index (χ1) is 10.9. The Kier molecular flexibility index (Phi) is 5.02. The van der Waals surface area contributed by atoms with Crippen LogP contribution in [0.5, 0.6) is 0 Å². The number of benzene rings is 1. The molecule has 1 aromatic heterocycles. The van der Waals surface area contributed by atoms with Crippen LogP contribution in [0.3, 0.4) is 0 Å². The van der Waals surface area contributed by atoms with Crippen LogP contribution in [0, 0.1) is 6.92 Å². The molecule has 0 bridgehead atoms. The normalized spacial score (nSPS) is 12.7. The second-order valence-electron chi connectivity index (χ2n) is 7.24. The van der Waals surface area contributed by atoms with Crippen LogP contribution in [-0.2, 0) is 15.4 Å². The SMILES string of the molecule is Cc1ccc(NS(=O)(=O)c2cn(C(C)C)nc2C(C)(C)C)cc1Cl. The highest BCUT2D eigenvalue weighted by Crippen LogP contribution is 2.30. The van der Waals surface area contributed by atoms with Gasteiger partial charge in [0.25, 0.3) is 10.0 Å². The molecule has 1 aromatic carbocycles. The molecule has 0 saturated heterocycles. The van der Waals surface area contributed by atoms with Crippen molar-refractivity contribution in [2.75, 3.05) is 4.72 Å². The number of nitrogens with one attached hydrogen (secondary N) is 1. The first kappa shape index (κ1) is 18.8. The Morgan fingerprint density at radius 3 is 2.38 bits per heavy atom. The highest BCUT2D eigenvalue weighted by Gasteiger charge is 2.30. The third kappa shape index (κ3) is 3.92. The maximum atomic E-state index is 12.9. The molecule has 24 heavy (non-hydrogen) atoms. The topological polar surface area (TPSA) is 64.0 Å². The summed E-state index contributed by atoms with van der Waals surface area (Å²) < 4.78 is 30.1. The fourth-order valence-corrected chi connectivity index (χ4v) is 3.80. The first-order valence-electron chi connectivity index (χ1n) is 7.80. The van der Waals surface area contributed by atoms with Gasteiger partial charge in [0, 0.05) is 22.7 Å². The molecule has 1 heterocycles. The number of halogens is 1. The summed E-state index contributed by atoms with van der Waals surface area (Å²) in [6.07, 6.45) is 1.59. The number of aromatic nitrogens is 2. The molecule has 0 unspecified atom stereocenters. The average Bonchev–Trinajstić information content (AvgIpc) is 2.89. The first-order valence-corrected chi connectivity index (χ1v) is 9.66. The molecule has 0 aliphatic heterocycles. The molecule has 0 atom stereocenters. The molecule has 0 spiro atoms. The van der Waals surface area contributed by atoms with E-state index in [4.69, 9.17) is 11.6 Å². The Balaban J connectivity index is 2.50. The van der Waals surface area contributed by atoms with Gasteiger partial charge in [0.05, 0.1) is 11.4 Å². The molecular formula is C17H24ClN3O2S. The van der Waals surface area contributed by atoms with Crippen molar-refractivity contribution < 1.29 is 8.42 Å². The lowest BCUT2D eigenvalue weighted by molar-refractivity contribution is 0.493. The van der Waals surface area contributed by atoms with Crippen molar-refractivity contribution in [3.8, 4) is 0 Å². The zero-order chi connectivity index (χ0) is 18.3. The third-order valence-electron chi connectivity index (χ3n) is 3.65. The van der Waals surface area contributed by atoms with Gasteiger partial charge in [-0.2, -0.15) is 5.10 Å². The van der Waals surface area contributed by atoms with Crippen molar-refractivity contribution in [3.63, 3.8) is 0 Å². The quantitative estimate of drug-likeness (QED) is 0.861. The molecule has 0 aliphatic carbocycles. The lowest BCUT2D eigenvalue weighted by Gasteiger charge is -2.18. The number of nitrogens with zero attached hydrogens (tertiary/aromatic N) is 2. The molecule has 132 valence electrons. The molecule has 1 N–H and O–H groups in total. The van der Waals surface area contributed by atoms with Crippen molar-refractivity contribution in [3.05, 3.63) is 40.7 Å². The standard InChI is InChI=1S/C17H24ClN3O2S/c1-11(2)21-10-15(16(19-21)17(4,5)6)24(22,23)20-13-8-7-12(3)14(18)9-13/h7-11,20H,1-6H3. The molecule has 0 aliphatic rings. The van der Waals surface area contributed by atoms with Crippen LogP contribution in [0.15, 0.2) is 29.3 Å². The van der Waals surface area contributed by atoms with Crippen LogP contribution >= 0.6 is 11.6 Å². The largest absolute Gasteiger partial charge is 0.279 e. The molecule has 7 heteroatoms. The number of hydrogen-bond acceptors (Lipinski definition) is 3. The van der Waals surface area contributed by atoms with Gasteiger partial charge in [0.2, 0.25) is 0 Å². The Labute approximate surface area is 149 Å². The smallest absolute Gasteiger partial charge is 0.265 e. The maximum Gasteiger partial charge on any atom is 0.265 e. The summed E-state index contributed by atoms with van der Waals surface area (Å²) in [7, 11) is -3.76. The second-order valence-corrected chi connectivity index (χ2v) is 9.29. The van der Waals surface area contributed by atoms with Gasteiger partial charge in [-0.15, -0.1) is 0 Å². The third-order valence-corrected chi connectivity index (χ3v) is 5.44. The highest BCUT2D eigenvalue weighted by atomic mass is 35.5. The van der Waals surface area contributed by atoms with E-state index in [0.29, 0.717) is 16.4 Å². The summed E-state index contributed by atoms with van der Waals surface area (Å²) in [4.78, 5) is 0.195. The van der Waals surface area contributed by atoms with Gasteiger partial charge in [0.15, 0.2) is 0 Å². The lowest BCUT2D eigenvalue weighted by atomic mass is 9.92. The van der Waals surface area contributed by atoms with Gasteiger partial charge in [-0.3, -0.25) is 9.40 Å². The lowest BCUT2D eigenvalue weighted by Crippen LogP contribution is -2.20. The summed E-state index contributed by atoms with van der Waals surface area (Å²) in [6.45, 7) is 11.6. The van der Waals surface area contributed by atoms with Crippen LogP contribution < -0.4 is 4.72 Å². The monoisotopic (exact) mass is 369 g/mol. The van der Waals surface area contributed by atoms with E-state index in [1.54, 1.807) is 29.1 Å². The van der Waals surface area contributed by atoms with Gasteiger partial charge in [0.1, 0.15) is 4.90 Å². The van der Waals surface area contributed by atoms with Crippen molar-refractivity contribution >= 4 is 27.3 Å². The van der Waals surface area contributed by atoms with Gasteiger partial charge in [-0.05, 0) is 38.5 Å². The number of hydrogen-bond donors (Lipinski definition) is 1. The molecule has 0 saturated carbocycles. The number of aryl methyl sites for hydroxylation is 1. The highest BCUT2D eigenvalue weighted by molar-refractivity contribution is 7.92. The van der Waals surface area contributed by atoms with Crippen molar-refractivity contribution in [2.24, 2.45) is 0 Å². The van der Waals surface area contributed by atoms with E-state index in [1.165, 1.54) is 0 Å². The molecule has 0 amide bonds. The van der Waals surface area contributed by atoms with Gasteiger partial charge >= 0.3 is 0 Å². The molecule has 2 aromatic rings. The summed E-state index contributed by atoms with van der Waals surface area (Å²) in [5.74, 6) is 0. The van der Waals surface area contributed by atoms with Crippen molar-refractivity contribution in [1.29, 1.82) is 0 Å². The zero-order valence-electron chi connectivity index (χ0n) is 14.9. The van der Waals surface area contributed by atoms with Gasteiger partial charge < -0.3 is 0 Å². The Morgan fingerprint density at radius 2 is 1.88 bits per heavy atom. The minimum absolute atomic E-state index is 0.0730. The van der Waals surface area contributed by atoms with Crippen LogP contribution in [0.2, 0.25) is 5.02 Å². The van der Waals surface area contributed by atoms with Crippen LogP contribution in [0.4, 0.5) is 5.69 Å². The van der Waals surface area contributed by atoms with E-state index in [1.807, 2.05) is 41.5 Å². The Bertz CT molecular complexity index is 849. The van der Waals surface area contributed by atoms with E-state index in [9.17, 15) is 8.42 Å². The fourth-order valence-electron chi connectivity index (χ4n) is 2.22. The zero-order valence-corrected chi connectivity index (χ0v) is 16.5. The minimum Gasteiger partial charge on any atom is -0.279 e. The van der Waals surface area contributed by atoms with E-state index >= 15 is 0 Å². The van der Waals surface area contributed by atoms with Gasteiger partial charge in [-0.25, -0.2) is 8.42 Å². The Morgan fingerprint density at radius 1 is 1.25 bits per heavy atom. The van der Waals surface area contributed by atoms with Crippen molar-refractivity contribution in [1.82, 2.24) is 9.78 Å². The predicted octanol–water partition coefficient (Wildman–Crippen LogP) is 4.52. The average molecular weight is 370 g/mol. The molecule has 2 rings (SSSR count). The summed E-state index contributed by atoms with van der Waals surface area (Å²) in [6, 6.07) is 5.16. The maximum absolute atomic E-state index is 12.9. The summed E-state index contributed by atoms with van der Waals surface area (Å²) >= 11 is 6.09. The minimum atomic E-state index is -3.76. The van der Waals surface area contributed by atoms with Crippen LogP contribution in [0.25, 0.3) is 0 Å². The van der Waals surface area contributed by atoms with Crippen LogP contribution in [-0.4, -0.2) is 18.2 Å². The van der Waals surface area contributed by atoms with E-state index in [2.05, 4.69) is 9.82 Å². The summed E-state index contributed by atoms with van der Waals surface area (Å²) in [5.41, 5.74) is 1.47. The number of rotatable bonds is 4. The molecule has 0 fully saturated rings. The van der Waals surface area contributed by atoms with Crippen LogP contribution in [0.1, 0.15) is 51.9 Å². The number of anilines is 1. The van der Waals surface area contributed by atoms with E-state index < -0.39 is 15.4 Å². The summed E-state index contributed by atoms with van der Waals surface area (Å²) in [5, 5.41) is 5.01. The second kappa shape index (κ2) is 6.41. The molecule has 5 nitrogen and oxygen atoms in total. The molecule has 0 radical (unpaired) electrons. The van der Waals surface area contributed by atoms with E-state index in [0.717, 1.165) is 5.56 Å². The number of sulfonamides is 1. The van der Waals surface area contributed by atoms with Gasteiger partial charge in [-0.1, -0.05) is 38.4 Å². The fraction of sp³-hybridized carbons (Fsp3) is 0.471. The van der Waals surface area contributed by atoms with Crippen molar-refractivity contribution in [2.45, 2.75) is 57.9 Å². The molecular weight excluding hydrogens is 346 g/mol. The van der Waals surface area contributed by atoms with E-state index in [-0.39, 0.29) is 10.9 Å².